The molecular weight excluding hydrogens is 468 g/mol. The molecular formula is C22H20N2O7S2. The highest BCUT2D eigenvalue weighted by atomic mass is 32.2. The van der Waals surface area contributed by atoms with Gasteiger partial charge in [-0.25, -0.2) is 21.1 Å². The van der Waals surface area contributed by atoms with Crippen LogP contribution in [0.2, 0.25) is 0 Å². The molecule has 1 heterocycles. The number of ether oxygens (including phenoxy) is 2. The van der Waals surface area contributed by atoms with Crippen molar-refractivity contribution in [1.29, 1.82) is 0 Å². The third-order valence-electron chi connectivity index (χ3n) is 4.84. The Morgan fingerprint density at radius 3 is 2.21 bits per heavy atom. The number of hydrogen-bond acceptors (Lipinski definition) is 7. The number of benzene rings is 3. The van der Waals surface area contributed by atoms with Gasteiger partial charge >= 0.3 is 0 Å². The van der Waals surface area contributed by atoms with E-state index in [1.807, 2.05) is 18.2 Å². The van der Waals surface area contributed by atoms with Gasteiger partial charge in [-0.05, 0) is 54.6 Å². The van der Waals surface area contributed by atoms with Gasteiger partial charge < -0.3 is 9.47 Å². The maximum absolute atomic E-state index is 13.1. The highest BCUT2D eigenvalue weighted by Crippen LogP contribution is 2.33. The first-order valence-electron chi connectivity index (χ1n) is 9.79. The van der Waals surface area contributed by atoms with Gasteiger partial charge in [0.05, 0.1) is 18.6 Å². The summed E-state index contributed by atoms with van der Waals surface area (Å²) in [5.41, 5.74) is 0.193. The molecule has 1 fully saturated rings. The number of anilines is 2. The van der Waals surface area contributed by atoms with E-state index < -0.39 is 26.0 Å². The average molecular weight is 489 g/mol. The maximum atomic E-state index is 13.1. The fourth-order valence-electron chi connectivity index (χ4n) is 3.30. The Bertz CT molecular complexity index is 1390. The van der Waals surface area contributed by atoms with E-state index in [2.05, 4.69) is 4.72 Å². The normalized spacial score (nSPS) is 15.3. The molecule has 0 spiro atoms. The molecule has 1 amide bonds. The van der Waals surface area contributed by atoms with E-state index in [1.54, 1.807) is 24.3 Å². The monoisotopic (exact) mass is 488 g/mol. The van der Waals surface area contributed by atoms with Crippen LogP contribution in [0.15, 0.2) is 77.7 Å². The predicted octanol–water partition coefficient (Wildman–Crippen LogP) is 3.35. The molecule has 1 N–H and O–H groups in total. The van der Waals surface area contributed by atoms with Crippen molar-refractivity contribution >= 4 is 37.3 Å². The standard InChI is InChI=1S/C22H20N2O7S2/c1-30-20-12-9-17(24-22(25)13-14-32(24,26)27)15-21(20)33(28,29)23-16-7-10-19(11-8-16)31-18-5-3-2-4-6-18/h2-12,15,23H,13-14H2,1H3. The molecule has 4 rings (SSSR count). The number of hydrogen-bond donors (Lipinski definition) is 1. The minimum Gasteiger partial charge on any atom is -0.495 e. The van der Waals surface area contributed by atoms with E-state index in [-0.39, 0.29) is 34.2 Å². The number of carbonyl (C=O) groups excluding carboxylic acids is 1. The number of carbonyl (C=O) groups is 1. The molecule has 1 saturated heterocycles. The second-order valence-electron chi connectivity index (χ2n) is 7.10. The summed E-state index contributed by atoms with van der Waals surface area (Å²) in [5, 5.41) is 0. The fourth-order valence-corrected chi connectivity index (χ4v) is 6.00. The minimum absolute atomic E-state index is 0.000625. The van der Waals surface area contributed by atoms with Gasteiger partial charge in [-0.1, -0.05) is 18.2 Å². The van der Waals surface area contributed by atoms with E-state index in [0.29, 0.717) is 15.8 Å². The molecule has 11 heteroatoms. The quantitative estimate of drug-likeness (QED) is 0.542. The van der Waals surface area contributed by atoms with Crippen LogP contribution in [-0.2, 0) is 24.8 Å². The Morgan fingerprint density at radius 2 is 1.61 bits per heavy atom. The molecule has 0 aromatic heterocycles. The van der Waals surface area contributed by atoms with Gasteiger partial charge in [0.1, 0.15) is 22.1 Å². The summed E-state index contributed by atoms with van der Waals surface area (Å²) in [5.74, 6) is 0.209. The topological polar surface area (TPSA) is 119 Å². The molecule has 0 saturated carbocycles. The van der Waals surface area contributed by atoms with Crippen LogP contribution in [0.5, 0.6) is 17.2 Å². The molecule has 33 heavy (non-hydrogen) atoms. The molecule has 3 aromatic carbocycles. The van der Waals surface area contributed by atoms with Crippen molar-refractivity contribution in [2.75, 3.05) is 21.9 Å². The van der Waals surface area contributed by atoms with Gasteiger partial charge in [0, 0.05) is 12.1 Å². The predicted molar refractivity (Wildman–Crippen MR) is 123 cm³/mol. The summed E-state index contributed by atoms with van der Waals surface area (Å²) in [6, 6.07) is 19.1. The van der Waals surface area contributed by atoms with E-state index in [4.69, 9.17) is 9.47 Å². The molecule has 0 bridgehead atoms. The van der Waals surface area contributed by atoms with Gasteiger partial charge in [0.25, 0.3) is 10.0 Å². The van der Waals surface area contributed by atoms with Crippen LogP contribution in [0.4, 0.5) is 11.4 Å². The second kappa shape index (κ2) is 8.75. The number of rotatable bonds is 7. The van der Waals surface area contributed by atoms with Crippen molar-refractivity contribution in [2.45, 2.75) is 11.3 Å². The van der Waals surface area contributed by atoms with Crippen LogP contribution >= 0.6 is 0 Å². The number of para-hydroxylation sites is 1. The Hall–Kier alpha value is -3.57. The van der Waals surface area contributed by atoms with E-state index in [1.165, 1.54) is 31.4 Å². The van der Waals surface area contributed by atoms with E-state index >= 15 is 0 Å². The summed E-state index contributed by atoms with van der Waals surface area (Å²) >= 11 is 0. The lowest BCUT2D eigenvalue weighted by Crippen LogP contribution is -2.29. The summed E-state index contributed by atoms with van der Waals surface area (Å²) in [4.78, 5) is 11.8. The first kappa shape index (κ1) is 22.6. The zero-order chi connectivity index (χ0) is 23.6. The number of amides is 1. The van der Waals surface area contributed by atoms with Crippen molar-refractivity contribution < 1.29 is 31.1 Å². The lowest BCUT2D eigenvalue weighted by atomic mass is 10.3. The number of methoxy groups -OCH3 is 1. The highest BCUT2D eigenvalue weighted by molar-refractivity contribution is 7.94. The van der Waals surface area contributed by atoms with Gasteiger partial charge in [-0.2, -0.15) is 0 Å². The summed E-state index contributed by atoms with van der Waals surface area (Å²) in [7, 11) is -6.74. The molecule has 0 atom stereocenters. The highest BCUT2D eigenvalue weighted by Gasteiger charge is 2.37. The molecule has 0 unspecified atom stereocenters. The zero-order valence-electron chi connectivity index (χ0n) is 17.5. The van der Waals surface area contributed by atoms with E-state index in [0.717, 1.165) is 6.07 Å². The Kier molecular flexibility index (Phi) is 6.00. The lowest BCUT2D eigenvalue weighted by Gasteiger charge is -2.18. The van der Waals surface area contributed by atoms with Crippen molar-refractivity contribution in [3.05, 3.63) is 72.8 Å². The van der Waals surface area contributed by atoms with Crippen LogP contribution in [0.1, 0.15) is 6.42 Å². The SMILES string of the molecule is COc1ccc(N2C(=O)CCS2(=O)=O)cc1S(=O)(=O)Nc1ccc(Oc2ccccc2)cc1. The first-order valence-corrected chi connectivity index (χ1v) is 12.9. The second-order valence-corrected chi connectivity index (χ2v) is 10.7. The fraction of sp³-hybridized carbons (Fsp3) is 0.136. The zero-order valence-corrected chi connectivity index (χ0v) is 19.1. The Balaban J connectivity index is 1.61. The maximum Gasteiger partial charge on any atom is 0.265 e. The third-order valence-corrected chi connectivity index (χ3v) is 7.93. The van der Waals surface area contributed by atoms with Crippen LogP contribution < -0.4 is 18.5 Å². The third kappa shape index (κ3) is 4.78. The largest absolute Gasteiger partial charge is 0.495 e. The van der Waals surface area contributed by atoms with Gasteiger partial charge in [0.15, 0.2) is 0 Å². The molecule has 9 nitrogen and oxygen atoms in total. The van der Waals surface area contributed by atoms with Crippen molar-refractivity contribution in [3.8, 4) is 17.2 Å². The van der Waals surface area contributed by atoms with Crippen molar-refractivity contribution in [3.63, 3.8) is 0 Å². The molecule has 3 aromatic rings. The molecule has 0 radical (unpaired) electrons. The van der Waals surface area contributed by atoms with Crippen LogP contribution in [0, 0.1) is 0 Å². The van der Waals surface area contributed by atoms with Crippen molar-refractivity contribution in [1.82, 2.24) is 0 Å². The van der Waals surface area contributed by atoms with Crippen LogP contribution in [0.3, 0.4) is 0 Å². The molecule has 1 aliphatic heterocycles. The van der Waals surface area contributed by atoms with E-state index in [9.17, 15) is 21.6 Å². The average Bonchev–Trinajstić information content (AvgIpc) is 3.07. The van der Waals surface area contributed by atoms with Gasteiger partial charge in [-0.3, -0.25) is 9.52 Å². The summed E-state index contributed by atoms with van der Waals surface area (Å²) in [6.45, 7) is 0. The molecule has 1 aliphatic rings. The number of sulfonamides is 2. The summed E-state index contributed by atoms with van der Waals surface area (Å²) < 4.78 is 64.6. The van der Waals surface area contributed by atoms with Crippen molar-refractivity contribution in [2.24, 2.45) is 0 Å². The Morgan fingerprint density at radius 1 is 0.939 bits per heavy atom. The smallest absolute Gasteiger partial charge is 0.265 e. The van der Waals surface area contributed by atoms with Crippen LogP contribution in [0.25, 0.3) is 0 Å². The number of nitrogens with one attached hydrogen (secondary N) is 1. The summed E-state index contributed by atoms with van der Waals surface area (Å²) in [6.07, 6.45) is -0.161. The minimum atomic E-state index is -4.18. The molecule has 0 aliphatic carbocycles. The molecule has 172 valence electrons. The van der Waals surface area contributed by atoms with Gasteiger partial charge in [0.2, 0.25) is 15.9 Å². The Labute approximate surface area is 191 Å². The van der Waals surface area contributed by atoms with Crippen LogP contribution in [-0.4, -0.2) is 35.6 Å². The number of nitrogens with zero attached hydrogens (tertiary/aromatic N) is 1. The van der Waals surface area contributed by atoms with Gasteiger partial charge in [-0.15, -0.1) is 0 Å². The first-order chi connectivity index (χ1) is 15.7. The lowest BCUT2D eigenvalue weighted by molar-refractivity contribution is -0.116.